The molecule has 6 rings (SSSR count). The summed E-state index contributed by atoms with van der Waals surface area (Å²) >= 11 is 0. The predicted octanol–water partition coefficient (Wildman–Crippen LogP) is 14.3. The third kappa shape index (κ3) is 24.2. The molecule has 2 aromatic carbocycles. The first-order chi connectivity index (χ1) is 38.6. The molecule has 0 amide bonds. The van der Waals surface area contributed by atoms with Gasteiger partial charge in [0.2, 0.25) is 5.78 Å². The van der Waals surface area contributed by atoms with E-state index in [2.05, 4.69) is 0 Å². The summed E-state index contributed by atoms with van der Waals surface area (Å²) < 4.78 is 92.2. The van der Waals surface area contributed by atoms with E-state index in [1.165, 1.54) is 0 Å². The zero-order valence-corrected chi connectivity index (χ0v) is 48.1. The number of ether oxygens (including phenoxy) is 6. The lowest BCUT2D eigenvalue weighted by Crippen LogP contribution is -2.36. The third-order valence-corrected chi connectivity index (χ3v) is 16.6. The molecule has 0 spiro atoms. The molecule has 80 heavy (non-hydrogen) atoms. The Labute approximate surface area is 474 Å². The van der Waals surface area contributed by atoms with Crippen molar-refractivity contribution in [2.75, 3.05) is 13.2 Å². The van der Waals surface area contributed by atoms with E-state index in [0.29, 0.717) is 77.4 Å². The Morgan fingerprint density at radius 2 is 1.14 bits per heavy atom. The van der Waals surface area contributed by atoms with Crippen molar-refractivity contribution in [1.29, 1.82) is 0 Å². The van der Waals surface area contributed by atoms with E-state index in [9.17, 15) is 47.0 Å². The van der Waals surface area contributed by atoms with Gasteiger partial charge in [0.05, 0.1) is 18.3 Å². The standard InChI is InChI=1S/C32H50F2O6.C32H46F2O6/c2*1-2-3-20-32(33,34)29(36)19-18-26-25(27(35)22-28(26)40-31-17-11-12-21-38-31)15-9-4-5-10-16-30(37)39-23-24-13-7-6-8-14-24/h6-8,13-14,25-29,31,35-36H,2-5,9-12,15-23H2,1H3;6-8,13-14,25-26,28,31H,2-5,9-12,15-23H2,1H3/t25-,26-,27+,28-,29?,31?;25-,26-,28-,31?/m11/s1. The summed E-state index contributed by atoms with van der Waals surface area (Å²) in [4.78, 5) is 49.5. The van der Waals surface area contributed by atoms with Crippen LogP contribution in [0.5, 0.6) is 0 Å². The van der Waals surface area contributed by atoms with Crippen molar-refractivity contribution in [1.82, 2.24) is 0 Å². The number of carbonyl (C=O) groups excluding carboxylic acids is 4. The normalized spacial score (nSPS) is 24.7. The summed E-state index contributed by atoms with van der Waals surface area (Å²) in [5.41, 5.74) is 1.92. The molecule has 0 radical (unpaired) electrons. The molecule has 10 atom stereocenters. The molecule has 452 valence electrons. The predicted molar refractivity (Wildman–Crippen MR) is 297 cm³/mol. The lowest BCUT2D eigenvalue weighted by Gasteiger charge is -2.31. The van der Waals surface area contributed by atoms with Crippen molar-refractivity contribution in [3.05, 3.63) is 71.8 Å². The first-order valence-electron chi connectivity index (χ1n) is 30.7. The number of hydrogen-bond acceptors (Lipinski definition) is 12. The highest BCUT2D eigenvalue weighted by Crippen LogP contribution is 2.44. The molecule has 0 bridgehead atoms. The fourth-order valence-corrected chi connectivity index (χ4v) is 11.8. The van der Waals surface area contributed by atoms with Crippen molar-refractivity contribution in [3.8, 4) is 0 Å². The second-order valence-electron chi connectivity index (χ2n) is 22.9. The Kier molecular flexibility index (Phi) is 30.7. The molecule has 2 N–H and O–H groups in total. The van der Waals surface area contributed by atoms with E-state index < -0.39 is 42.4 Å². The van der Waals surface area contributed by atoms with Gasteiger partial charge in [-0.25, -0.2) is 8.78 Å². The van der Waals surface area contributed by atoms with Gasteiger partial charge >= 0.3 is 17.9 Å². The van der Waals surface area contributed by atoms with Gasteiger partial charge < -0.3 is 38.6 Å². The molecule has 2 aliphatic heterocycles. The van der Waals surface area contributed by atoms with E-state index in [0.717, 1.165) is 101 Å². The monoisotopic (exact) mass is 1130 g/mol. The number of aliphatic hydroxyl groups excluding tert-OH is 2. The number of Topliss-reactive ketones (excluding diaryl/α,β-unsaturated/α-hetero) is 2. The van der Waals surface area contributed by atoms with Crippen molar-refractivity contribution in [2.45, 2.75) is 269 Å². The summed E-state index contributed by atoms with van der Waals surface area (Å²) in [5, 5.41) is 21.3. The molecule has 2 saturated carbocycles. The molecule has 2 aliphatic carbocycles. The van der Waals surface area contributed by atoms with Crippen LogP contribution in [0.4, 0.5) is 17.6 Å². The number of hydrogen-bond donors (Lipinski definition) is 2. The molecule has 16 heteroatoms. The summed E-state index contributed by atoms with van der Waals surface area (Å²) in [7, 11) is 0. The Balaban J connectivity index is 0.000000294. The topological polar surface area (TPSA) is 164 Å². The summed E-state index contributed by atoms with van der Waals surface area (Å²) in [6, 6.07) is 19.2. The number of benzene rings is 2. The van der Waals surface area contributed by atoms with Gasteiger partial charge in [-0.3, -0.25) is 19.2 Å². The van der Waals surface area contributed by atoms with Crippen LogP contribution in [0.25, 0.3) is 0 Å². The first-order valence-corrected chi connectivity index (χ1v) is 30.7. The summed E-state index contributed by atoms with van der Waals surface area (Å²) in [6.45, 7) is 5.50. The molecule has 3 unspecified atom stereocenters. The molecular weight excluding hydrogens is 1040 g/mol. The van der Waals surface area contributed by atoms with Crippen molar-refractivity contribution >= 4 is 23.5 Å². The van der Waals surface area contributed by atoms with Crippen LogP contribution in [0.1, 0.15) is 218 Å². The Morgan fingerprint density at radius 3 is 1.68 bits per heavy atom. The number of alkyl halides is 4. The summed E-state index contributed by atoms with van der Waals surface area (Å²) in [6.07, 6.45) is 12.9. The third-order valence-electron chi connectivity index (χ3n) is 16.6. The second kappa shape index (κ2) is 36.7. The van der Waals surface area contributed by atoms with Crippen LogP contribution in [-0.4, -0.2) is 95.8 Å². The molecule has 4 fully saturated rings. The van der Waals surface area contributed by atoms with Crippen LogP contribution >= 0.6 is 0 Å². The van der Waals surface area contributed by atoms with Crippen molar-refractivity contribution in [3.63, 3.8) is 0 Å². The highest BCUT2D eigenvalue weighted by molar-refractivity contribution is 5.86. The first kappa shape index (κ1) is 67.0. The number of rotatable bonds is 36. The van der Waals surface area contributed by atoms with Crippen molar-refractivity contribution in [2.24, 2.45) is 23.7 Å². The number of unbranched alkanes of at least 4 members (excludes halogenated alkanes) is 8. The zero-order valence-electron chi connectivity index (χ0n) is 48.1. The van der Waals surface area contributed by atoms with Gasteiger partial charge in [-0.15, -0.1) is 0 Å². The second-order valence-corrected chi connectivity index (χ2v) is 22.9. The number of ketones is 2. The number of aliphatic hydroxyl groups is 2. The smallest absolute Gasteiger partial charge is 0.306 e. The number of halogens is 4. The maximum Gasteiger partial charge on any atom is 0.306 e. The van der Waals surface area contributed by atoms with Gasteiger partial charge in [0, 0.05) is 64.1 Å². The molecular formula is C64H96F4O12. The van der Waals surface area contributed by atoms with Gasteiger partial charge in [0.15, 0.2) is 12.6 Å². The largest absolute Gasteiger partial charge is 0.461 e. The van der Waals surface area contributed by atoms with E-state index in [4.69, 9.17) is 28.4 Å². The minimum absolute atomic E-state index is 0.0128. The fraction of sp³-hybridized carbons (Fsp3) is 0.750. The SMILES string of the molecule is CCCCC(F)(F)C(=O)CC[C@H]1[C@H](OC2CCCCO2)CC(=O)[C@@H]1CCCCCCC(=O)OCc1ccccc1.CCCCC(F)(F)C(O)CC[C@@H]1[C@@H](CCCCCCC(=O)OCc2ccccc2)[C@@H](O)C[C@H]1OC1CCCCO1. The Bertz CT molecular complexity index is 2030. The lowest BCUT2D eigenvalue weighted by atomic mass is 9.84. The summed E-state index contributed by atoms with van der Waals surface area (Å²) in [5.74, 6) is -8.54. The highest BCUT2D eigenvalue weighted by Gasteiger charge is 2.47. The Morgan fingerprint density at radius 1 is 0.613 bits per heavy atom. The quantitative estimate of drug-likeness (QED) is 0.0378. The highest BCUT2D eigenvalue weighted by atomic mass is 19.3. The van der Waals surface area contributed by atoms with Gasteiger partial charge in [-0.05, 0) is 125 Å². The van der Waals surface area contributed by atoms with Crippen LogP contribution in [0.15, 0.2) is 60.7 Å². The fourth-order valence-electron chi connectivity index (χ4n) is 11.8. The average Bonchev–Trinajstić information content (AvgIpc) is 3.94. The van der Waals surface area contributed by atoms with E-state index in [-0.39, 0.29) is 105 Å². The maximum absolute atomic E-state index is 14.5. The maximum atomic E-state index is 14.5. The van der Waals surface area contributed by atoms with Gasteiger partial charge in [-0.2, -0.15) is 8.78 Å². The van der Waals surface area contributed by atoms with E-state index in [1.807, 2.05) is 74.5 Å². The van der Waals surface area contributed by atoms with Gasteiger partial charge in [0.1, 0.15) is 25.1 Å². The lowest BCUT2D eigenvalue weighted by molar-refractivity contribution is -0.197. The minimum Gasteiger partial charge on any atom is -0.461 e. The Hall–Kier alpha value is -3.80. The van der Waals surface area contributed by atoms with Crippen molar-refractivity contribution < 1.29 is 75.4 Å². The molecule has 2 heterocycles. The minimum atomic E-state index is -3.32. The van der Waals surface area contributed by atoms with Crippen LogP contribution in [0.3, 0.4) is 0 Å². The molecule has 12 nitrogen and oxygen atoms in total. The average molecular weight is 1130 g/mol. The number of carbonyl (C=O) groups is 4. The van der Waals surface area contributed by atoms with Crippen LogP contribution < -0.4 is 0 Å². The van der Waals surface area contributed by atoms with E-state index in [1.54, 1.807) is 0 Å². The van der Waals surface area contributed by atoms with Crippen LogP contribution in [-0.2, 0) is 60.8 Å². The number of esters is 2. The van der Waals surface area contributed by atoms with Crippen LogP contribution in [0, 0.1) is 23.7 Å². The van der Waals surface area contributed by atoms with Gasteiger partial charge in [0.25, 0.3) is 5.92 Å². The van der Waals surface area contributed by atoms with Crippen LogP contribution in [0.2, 0.25) is 0 Å². The molecule has 2 aromatic rings. The zero-order chi connectivity index (χ0) is 57.6. The molecule has 2 saturated heterocycles. The molecule has 0 aromatic heterocycles. The van der Waals surface area contributed by atoms with E-state index >= 15 is 0 Å². The molecule has 4 aliphatic rings. The van der Waals surface area contributed by atoms with Gasteiger partial charge in [-0.1, -0.05) is 126 Å².